The first kappa shape index (κ1) is 16.4. The van der Waals surface area contributed by atoms with Gasteiger partial charge in [0.1, 0.15) is 0 Å². The van der Waals surface area contributed by atoms with Crippen molar-refractivity contribution < 1.29 is 9.53 Å². The van der Waals surface area contributed by atoms with Crippen LogP contribution in [0.4, 0.5) is 5.69 Å². The van der Waals surface area contributed by atoms with Crippen molar-refractivity contribution in [3.05, 3.63) is 48.1 Å². The highest BCUT2D eigenvalue weighted by Gasteiger charge is 2.24. The average Bonchev–Trinajstić information content (AvgIpc) is 3.00. The van der Waals surface area contributed by atoms with Crippen LogP contribution in [-0.4, -0.2) is 44.0 Å². The lowest BCUT2D eigenvalue weighted by molar-refractivity contribution is -0.141. The minimum Gasteiger partial charge on any atom is -0.467 e. The van der Waals surface area contributed by atoms with E-state index >= 15 is 0 Å². The number of esters is 1. The molecule has 0 fully saturated rings. The van der Waals surface area contributed by atoms with Crippen LogP contribution in [0.3, 0.4) is 0 Å². The summed E-state index contributed by atoms with van der Waals surface area (Å²) in [5, 5.41) is 0.864. The Morgan fingerprint density at radius 1 is 1.27 bits per heavy atom. The number of hydrogen-bond acceptors (Lipinski definition) is 5. The first-order valence-electron chi connectivity index (χ1n) is 7.00. The quantitative estimate of drug-likeness (QED) is 0.618. The van der Waals surface area contributed by atoms with Crippen LogP contribution in [0.15, 0.2) is 47.5 Å². The first-order chi connectivity index (χ1) is 10.6. The molecule has 1 aromatic carbocycles. The Bertz CT molecular complexity index is 604. The maximum atomic E-state index is 11.4. The molecule has 0 aliphatic carbocycles. The molecule has 4 nitrogen and oxygen atoms in total. The smallest absolute Gasteiger partial charge is 0.331 e. The standard InChI is InChI=1S/C17H20N2O2S/c1-19(2)14-10-8-13(9-11-14)6-4-5-7-16-18-15(12-22-16)17(20)21-3/h4-11,15H,12H2,1-3H3/b6-4+,7-5+/t15-/m1/s1. The van der Waals surface area contributed by atoms with Crippen LogP contribution in [0.1, 0.15) is 5.56 Å². The predicted molar refractivity (Wildman–Crippen MR) is 94.6 cm³/mol. The van der Waals surface area contributed by atoms with Crippen LogP contribution >= 0.6 is 11.8 Å². The fraction of sp³-hybridized carbons (Fsp3) is 0.294. The van der Waals surface area contributed by atoms with Gasteiger partial charge in [0.25, 0.3) is 0 Å². The number of aliphatic imine (C=N–C) groups is 1. The Kier molecular flexibility index (Phi) is 5.83. The zero-order valence-corrected chi connectivity index (χ0v) is 13.8. The molecule has 0 amide bonds. The van der Waals surface area contributed by atoms with Crippen molar-refractivity contribution in [2.45, 2.75) is 6.04 Å². The van der Waals surface area contributed by atoms with Crippen molar-refractivity contribution in [1.82, 2.24) is 0 Å². The molecule has 1 aliphatic heterocycles. The summed E-state index contributed by atoms with van der Waals surface area (Å²) in [5.74, 6) is 0.384. The van der Waals surface area contributed by atoms with Crippen LogP contribution in [0.2, 0.25) is 0 Å². The maximum Gasteiger partial charge on any atom is 0.331 e. The number of anilines is 1. The molecule has 0 spiro atoms. The molecule has 1 aliphatic rings. The van der Waals surface area contributed by atoms with E-state index in [4.69, 9.17) is 4.74 Å². The normalized spacial score (nSPS) is 18.0. The molecule has 0 radical (unpaired) electrons. The van der Waals surface area contributed by atoms with E-state index in [0.717, 1.165) is 10.6 Å². The number of carbonyl (C=O) groups excluding carboxylic acids is 1. The van der Waals surface area contributed by atoms with Crippen LogP contribution in [0.25, 0.3) is 6.08 Å². The third kappa shape index (κ3) is 4.49. The third-order valence-corrected chi connectivity index (χ3v) is 4.21. The molecule has 0 saturated carbocycles. The van der Waals surface area contributed by atoms with Crippen LogP contribution in [0, 0.1) is 0 Å². The summed E-state index contributed by atoms with van der Waals surface area (Å²) in [6.45, 7) is 0. The van der Waals surface area contributed by atoms with E-state index in [9.17, 15) is 4.79 Å². The summed E-state index contributed by atoms with van der Waals surface area (Å²) < 4.78 is 4.69. The minimum atomic E-state index is -0.364. The Morgan fingerprint density at radius 2 is 1.95 bits per heavy atom. The van der Waals surface area contributed by atoms with E-state index < -0.39 is 0 Å². The Balaban J connectivity index is 1.91. The molecule has 1 heterocycles. The van der Waals surface area contributed by atoms with E-state index in [1.54, 1.807) is 11.8 Å². The van der Waals surface area contributed by atoms with Crippen molar-refractivity contribution in [2.24, 2.45) is 4.99 Å². The highest BCUT2D eigenvalue weighted by atomic mass is 32.2. The lowest BCUT2D eigenvalue weighted by atomic mass is 10.2. The summed E-state index contributed by atoms with van der Waals surface area (Å²) >= 11 is 1.57. The molecule has 0 bridgehead atoms. The van der Waals surface area contributed by atoms with Gasteiger partial charge in [-0.2, -0.15) is 0 Å². The number of thioether (sulfide) groups is 1. The van der Waals surface area contributed by atoms with E-state index in [1.165, 1.54) is 12.8 Å². The van der Waals surface area contributed by atoms with Gasteiger partial charge in [0.15, 0.2) is 6.04 Å². The topological polar surface area (TPSA) is 41.9 Å². The second-order valence-electron chi connectivity index (χ2n) is 5.02. The van der Waals surface area contributed by atoms with Crippen LogP contribution < -0.4 is 4.90 Å². The van der Waals surface area contributed by atoms with Gasteiger partial charge in [-0.15, -0.1) is 11.8 Å². The van der Waals surface area contributed by atoms with Gasteiger partial charge in [-0.05, 0) is 23.8 Å². The Labute approximate surface area is 135 Å². The summed E-state index contributed by atoms with van der Waals surface area (Å²) in [7, 11) is 5.44. The number of benzene rings is 1. The van der Waals surface area contributed by atoms with Crippen molar-refractivity contribution in [2.75, 3.05) is 31.9 Å². The van der Waals surface area contributed by atoms with Gasteiger partial charge < -0.3 is 9.64 Å². The second kappa shape index (κ2) is 7.84. The third-order valence-electron chi connectivity index (χ3n) is 3.19. The van der Waals surface area contributed by atoms with Crippen molar-refractivity contribution in [3.63, 3.8) is 0 Å². The summed E-state index contributed by atoms with van der Waals surface area (Å²) in [5.41, 5.74) is 2.32. The van der Waals surface area contributed by atoms with E-state index in [0.29, 0.717) is 5.75 Å². The van der Waals surface area contributed by atoms with Gasteiger partial charge >= 0.3 is 5.97 Å². The zero-order valence-electron chi connectivity index (χ0n) is 13.0. The monoisotopic (exact) mass is 316 g/mol. The van der Waals surface area contributed by atoms with Gasteiger partial charge in [-0.3, -0.25) is 4.99 Å². The van der Waals surface area contributed by atoms with E-state index in [-0.39, 0.29) is 12.0 Å². The van der Waals surface area contributed by atoms with Crippen molar-refractivity contribution in [1.29, 1.82) is 0 Å². The van der Waals surface area contributed by atoms with Gasteiger partial charge in [-0.1, -0.05) is 30.4 Å². The number of ether oxygens (including phenoxy) is 1. The Morgan fingerprint density at radius 3 is 2.59 bits per heavy atom. The Hall–Kier alpha value is -2.01. The molecule has 5 heteroatoms. The fourth-order valence-corrected chi connectivity index (χ4v) is 2.84. The molecular weight excluding hydrogens is 296 g/mol. The van der Waals surface area contributed by atoms with Gasteiger partial charge in [0, 0.05) is 25.5 Å². The second-order valence-corrected chi connectivity index (χ2v) is 6.06. The number of hydrogen-bond donors (Lipinski definition) is 0. The van der Waals surface area contributed by atoms with E-state index in [2.05, 4.69) is 34.2 Å². The summed E-state index contributed by atoms with van der Waals surface area (Å²) in [6, 6.07) is 7.96. The molecular formula is C17H20N2O2S. The van der Waals surface area contributed by atoms with Crippen molar-refractivity contribution >= 4 is 34.5 Å². The highest BCUT2D eigenvalue weighted by Crippen LogP contribution is 2.20. The van der Waals surface area contributed by atoms with Gasteiger partial charge in [0.2, 0.25) is 0 Å². The molecule has 1 aromatic rings. The molecule has 2 rings (SSSR count). The fourth-order valence-electron chi connectivity index (χ4n) is 1.93. The van der Waals surface area contributed by atoms with Crippen molar-refractivity contribution in [3.8, 4) is 0 Å². The molecule has 1 atom stereocenters. The van der Waals surface area contributed by atoms with Gasteiger partial charge in [0.05, 0.1) is 12.2 Å². The average molecular weight is 316 g/mol. The largest absolute Gasteiger partial charge is 0.467 e. The first-order valence-corrected chi connectivity index (χ1v) is 7.99. The lowest BCUT2D eigenvalue weighted by Crippen LogP contribution is -2.19. The summed E-state index contributed by atoms with van der Waals surface area (Å²) in [4.78, 5) is 17.7. The number of allylic oxidation sites excluding steroid dienone is 2. The number of carbonyl (C=O) groups is 1. The minimum absolute atomic E-state index is 0.271. The number of nitrogens with zero attached hydrogens (tertiary/aromatic N) is 2. The predicted octanol–water partition coefficient (Wildman–Crippen LogP) is 3.01. The van der Waals surface area contributed by atoms with Crippen LogP contribution in [0.5, 0.6) is 0 Å². The molecule has 0 saturated heterocycles. The molecule has 0 aromatic heterocycles. The zero-order chi connectivity index (χ0) is 15.9. The van der Waals surface area contributed by atoms with E-state index in [1.807, 2.05) is 38.4 Å². The lowest BCUT2D eigenvalue weighted by Gasteiger charge is -2.11. The van der Waals surface area contributed by atoms with Crippen LogP contribution in [-0.2, 0) is 9.53 Å². The maximum absolute atomic E-state index is 11.4. The highest BCUT2D eigenvalue weighted by molar-refractivity contribution is 8.14. The molecule has 0 N–H and O–H groups in total. The van der Waals surface area contributed by atoms with Gasteiger partial charge in [-0.25, -0.2) is 4.79 Å². The molecule has 0 unspecified atom stereocenters. The number of rotatable bonds is 5. The molecule has 22 heavy (non-hydrogen) atoms. The SMILES string of the molecule is COC(=O)[C@H]1CSC(/C=C/C=C/c2ccc(N(C)C)cc2)=N1. The number of methoxy groups -OCH3 is 1. The molecule has 116 valence electrons. The summed E-state index contributed by atoms with van der Waals surface area (Å²) in [6.07, 6.45) is 7.86.